The molecule has 1 aromatic heterocycles. The molecule has 3 nitrogen and oxygen atoms in total. The van der Waals surface area contributed by atoms with Gasteiger partial charge in [0.2, 0.25) is 0 Å². The first kappa shape index (κ1) is 10.1. The summed E-state index contributed by atoms with van der Waals surface area (Å²) < 4.78 is 6.48. The number of oxazole rings is 1. The first-order valence-corrected chi connectivity index (χ1v) is 4.94. The average Bonchev–Trinajstić information content (AvgIpc) is 2.47. The van der Waals surface area contributed by atoms with Gasteiger partial charge < -0.3 is 4.42 Å². The lowest BCUT2D eigenvalue weighted by molar-refractivity contribution is -0.901. The fourth-order valence-electron chi connectivity index (χ4n) is 1.34. The molecule has 1 N–H and O–H groups in total. The highest BCUT2D eigenvalue weighted by molar-refractivity contribution is 6.30. The number of aromatic nitrogens is 1. The topological polar surface area (TPSA) is 37.2 Å². The van der Waals surface area contributed by atoms with Gasteiger partial charge in [-0.25, -0.2) is 0 Å². The smallest absolute Gasteiger partial charge is 0.400 e. The molecular weight excluding hydrogens is 214 g/mol. The van der Waals surface area contributed by atoms with E-state index < -0.39 is 0 Å². The van der Waals surface area contributed by atoms with Gasteiger partial charge in [-0.05, 0) is 24.3 Å². The summed E-state index contributed by atoms with van der Waals surface area (Å²) in [5, 5.41) is 10.4. The molecule has 0 atom stereocenters. The van der Waals surface area contributed by atoms with Gasteiger partial charge in [0, 0.05) is 18.9 Å². The van der Waals surface area contributed by atoms with Crippen LogP contribution in [0.3, 0.4) is 0 Å². The Bertz CT molecular complexity index is 488. The van der Waals surface area contributed by atoms with Gasteiger partial charge >= 0.3 is 5.89 Å². The maximum atomic E-state index is 9.73. The Morgan fingerprint density at radius 2 is 1.80 bits per heavy atom. The van der Waals surface area contributed by atoms with Crippen LogP contribution in [0.15, 0.2) is 28.7 Å². The summed E-state index contributed by atoms with van der Waals surface area (Å²) >= 11 is 5.78. The minimum atomic E-state index is 0.418. The van der Waals surface area contributed by atoms with Crippen molar-refractivity contribution in [2.45, 2.75) is 13.8 Å². The molecule has 0 radical (unpaired) electrons. The summed E-state index contributed by atoms with van der Waals surface area (Å²) in [7, 11) is 0. The van der Waals surface area contributed by atoms with Crippen LogP contribution in [-0.2, 0) is 0 Å². The average molecular weight is 225 g/mol. The monoisotopic (exact) mass is 224 g/mol. The van der Waals surface area contributed by atoms with Crippen LogP contribution in [0.2, 0.25) is 5.02 Å². The second-order valence-electron chi connectivity index (χ2n) is 3.37. The van der Waals surface area contributed by atoms with E-state index in [1.807, 2.05) is 6.92 Å². The maximum absolute atomic E-state index is 9.73. The lowest BCUT2D eigenvalue weighted by Crippen LogP contribution is -2.33. The highest BCUT2D eigenvalue weighted by atomic mass is 35.5. The Labute approximate surface area is 92.5 Å². The molecule has 0 aliphatic rings. The number of aryl methyl sites for hydroxylation is 1. The molecule has 1 heterocycles. The Balaban J connectivity index is 2.54. The summed E-state index contributed by atoms with van der Waals surface area (Å²) in [6.45, 7) is 3.60. The van der Waals surface area contributed by atoms with Gasteiger partial charge in [-0.3, -0.25) is 5.21 Å². The Morgan fingerprint density at radius 3 is 2.27 bits per heavy atom. The number of halogens is 1. The van der Waals surface area contributed by atoms with E-state index in [2.05, 4.69) is 0 Å². The number of hydrogen-bond donors (Lipinski definition) is 1. The lowest BCUT2D eigenvalue weighted by atomic mass is 10.2. The number of nitrogens with zero attached hydrogens (tertiary/aromatic N) is 1. The highest BCUT2D eigenvalue weighted by Crippen LogP contribution is 2.21. The van der Waals surface area contributed by atoms with Crippen LogP contribution in [0, 0.1) is 13.8 Å². The zero-order valence-electron chi connectivity index (χ0n) is 8.49. The molecule has 0 saturated heterocycles. The van der Waals surface area contributed by atoms with Crippen LogP contribution >= 0.6 is 11.6 Å². The first-order chi connectivity index (χ1) is 7.09. The van der Waals surface area contributed by atoms with Crippen molar-refractivity contribution in [1.82, 2.24) is 0 Å². The van der Waals surface area contributed by atoms with Gasteiger partial charge in [-0.1, -0.05) is 11.6 Å². The summed E-state index contributed by atoms with van der Waals surface area (Å²) in [4.78, 5) is 0. The van der Waals surface area contributed by atoms with Crippen LogP contribution in [0.25, 0.3) is 11.5 Å². The minimum absolute atomic E-state index is 0.418. The molecule has 0 bridgehead atoms. The molecule has 0 fully saturated rings. The summed E-state index contributed by atoms with van der Waals surface area (Å²) in [5.74, 6) is 1.11. The van der Waals surface area contributed by atoms with Crippen molar-refractivity contribution in [3.63, 3.8) is 0 Å². The normalized spacial score (nSPS) is 10.6. The molecule has 0 saturated carbocycles. The Kier molecular flexibility index (Phi) is 2.40. The van der Waals surface area contributed by atoms with Crippen LogP contribution < -0.4 is 4.73 Å². The summed E-state index contributed by atoms with van der Waals surface area (Å²) in [5.41, 5.74) is 1.48. The molecule has 0 aliphatic heterocycles. The van der Waals surface area contributed by atoms with E-state index in [4.69, 9.17) is 16.0 Å². The minimum Gasteiger partial charge on any atom is -0.400 e. The molecule has 0 aliphatic carbocycles. The standard InChI is InChI=1S/C11H11ClNO2/c1-7-8(2)15-11(13(7)14)9-3-5-10(12)6-4-9/h3-6,14H,1-2H3/q+1. The SMILES string of the molecule is Cc1oc(-c2ccc(Cl)cc2)[n+](O)c1C. The quantitative estimate of drug-likeness (QED) is 0.598. The first-order valence-electron chi connectivity index (χ1n) is 4.57. The molecule has 4 heteroatoms. The van der Waals surface area contributed by atoms with Crippen molar-refractivity contribution in [3.05, 3.63) is 40.7 Å². The van der Waals surface area contributed by atoms with Crippen LogP contribution in [0.5, 0.6) is 0 Å². The van der Waals surface area contributed by atoms with E-state index in [1.165, 1.54) is 0 Å². The Hall–Kier alpha value is -1.48. The van der Waals surface area contributed by atoms with Crippen molar-refractivity contribution in [2.24, 2.45) is 0 Å². The molecular formula is C11H11ClNO2+. The van der Waals surface area contributed by atoms with Gasteiger partial charge in [0.15, 0.2) is 5.76 Å². The van der Waals surface area contributed by atoms with Crippen molar-refractivity contribution in [3.8, 4) is 11.5 Å². The van der Waals surface area contributed by atoms with Crippen LogP contribution in [-0.4, -0.2) is 5.21 Å². The number of benzene rings is 1. The van der Waals surface area contributed by atoms with E-state index in [0.29, 0.717) is 22.4 Å². The van der Waals surface area contributed by atoms with Crippen LogP contribution in [0.4, 0.5) is 0 Å². The molecule has 78 valence electrons. The van der Waals surface area contributed by atoms with Gasteiger partial charge in [-0.15, -0.1) is 0 Å². The fraction of sp³-hybridized carbons (Fsp3) is 0.182. The van der Waals surface area contributed by atoms with Crippen molar-refractivity contribution in [2.75, 3.05) is 0 Å². The van der Waals surface area contributed by atoms with E-state index in [0.717, 1.165) is 10.3 Å². The zero-order chi connectivity index (χ0) is 11.0. The van der Waals surface area contributed by atoms with E-state index in [1.54, 1.807) is 31.2 Å². The predicted octanol–water partition coefficient (Wildman–Crippen LogP) is 2.74. The van der Waals surface area contributed by atoms with Crippen molar-refractivity contribution >= 4 is 11.6 Å². The summed E-state index contributed by atoms with van der Waals surface area (Å²) in [6, 6.07) is 7.10. The second-order valence-corrected chi connectivity index (χ2v) is 3.80. The maximum Gasteiger partial charge on any atom is 0.429 e. The summed E-state index contributed by atoms with van der Waals surface area (Å²) in [6.07, 6.45) is 0. The third-order valence-corrected chi connectivity index (χ3v) is 2.61. The third-order valence-electron chi connectivity index (χ3n) is 2.36. The van der Waals surface area contributed by atoms with Gasteiger partial charge in [0.05, 0.1) is 10.3 Å². The van der Waals surface area contributed by atoms with Crippen LogP contribution in [0.1, 0.15) is 11.5 Å². The predicted molar refractivity (Wildman–Crippen MR) is 56.0 cm³/mol. The van der Waals surface area contributed by atoms with Crippen molar-refractivity contribution in [1.29, 1.82) is 0 Å². The molecule has 1 aromatic carbocycles. The third kappa shape index (κ3) is 1.70. The number of rotatable bonds is 1. The largest absolute Gasteiger partial charge is 0.429 e. The van der Waals surface area contributed by atoms with E-state index in [-0.39, 0.29) is 0 Å². The molecule has 2 aromatic rings. The number of hydrogen-bond acceptors (Lipinski definition) is 2. The molecule has 0 unspecified atom stereocenters. The fourth-order valence-corrected chi connectivity index (χ4v) is 1.46. The molecule has 2 rings (SSSR count). The zero-order valence-corrected chi connectivity index (χ0v) is 9.25. The van der Waals surface area contributed by atoms with Crippen molar-refractivity contribution < 1.29 is 14.4 Å². The molecule has 0 amide bonds. The molecule has 0 spiro atoms. The Morgan fingerprint density at radius 1 is 1.20 bits per heavy atom. The second kappa shape index (κ2) is 3.59. The van der Waals surface area contributed by atoms with Gasteiger partial charge in [0.1, 0.15) is 0 Å². The molecule has 15 heavy (non-hydrogen) atoms. The van der Waals surface area contributed by atoms with E-state index >= 15 is 0 Å². The lowest BCUT2D eigenvalue weighted by Gasteiger charge is -1.91. The highest BCUT2D eigenvalue weighted by Gasteiger charge is 2.24. The van der Waals surface area contributed by atoms with Gasteiger partial charge in [0.25, 0.3) is 5.69 Å². The van der Waals surface area contributed by atoms with E-state index in [9.17, 15) is 5.21 Å². The van der Waals surface area contributed by atoms with Gasteiger partial charge in [-0.2, -0.15) is 0 Å².